The lowest BCUT2D eigenvalue weighted by atomic mass is 10.0. The van der Waals surface area contributed by atoms with Gasteiger partial charge in [-0.2, -0.15) is 0 Å². The predicted octanol–water partition coefficient (Wildman–Crippen LogP) is 1.35. The Kier molecular flexibility index (Phi) is 1.87. The Labute approximate surface area is 68.8 Å². The largest absolute Gasteiger partial charge is 0.292 e. The molecule has 2 fully saturated rings. The molecule has 1 aliphatic carbocycles. The lowest BCUT2D eigenvalue weighted by molar-refractivity contribution is 0.349. The van der Waals surface area contributed by atoms with Gasteiger partial charge in [-0.05, 0) is 24.7 Å². The monoisotopic (exact) mass is 149 g/mol. The fraction of sp³-hybridized carbons (Fsp3) is 0.800. The van der Waals surface area contributed by atoms with Crippen LogP contribution in [-0.2, 0) is 0 Å². The molecule has 2 aliphatic rings. The van der Waals surface area contributed by atoms with Crippen molar-refractivity contribution < 1.29 is 0 Å². The van der Waals surface area contributed by atoms with Gasteiger partial charge in [0.1, 0.15) is 0 Å². The normalized spacial score (nSPS) is 37.0. The van der Waals surface area contributed by atoms with E-state index in [2.05, 4.69) is 10.8 Å². The molecule has 0 aromatic heterocycles. The first-order valence-electron chi connectivity index (χ1n) is 4.56. The van der Waals surface area contributed by atoms with Gasteiger partial charge in [-0.15, -0.1) is 6.42 Å². The Balaban J connectivity index is 1.90. The molecule has 1 saturated carbocycles. The highest BCUT2D eigenvalue weighted by Crippen LogP contribution is 2.37. The van der Waals surface area contributed by atoms with Gasteiger partial charge in [0, 0.05) is 13.1 Å². The summed E-state index contributed by atoms with van der Waals surface area (Å²) in [6.45, 7) is 3.41. The molecule has 0 bridgehead atoms. The average Bonchev–Trinajstić information content (AvgIpc) is 2.46. The number of fused-ring (bicyclic) bond motifs is 1. The smallest absolute Gasteiger partial charge is 0.0599 e. The molecule has 0 aromatic carbocycles. The average molecular weight is 149 g/mol. The summed E-state index contributed by atoms with van der Waals surface area (Å²) >= 11 is 0. The van der Waals surface area contributed by atoms with E-state index in [1.54, 1.807) is 0 Å². The molecular weight excluding hydrogens is 134 g/mol. The van der Waals surface area contributed by atoms with E-state index in [1.165, 1.54) is 32.4 Å². The molecule has 0 spiro atoms. The van der Waals surface area contributed by atoms with Crippen molar-refractivity contribution in [3.05, 3.63) is 0 Å². The first kappa shape index (κ1) is 7.18. The van der Waals surface area contributed by atoms with Crippen molar-refractivity contribution in [1.29, 1.82) is 0 Å². The van der Waals surface area contributed by atoms with Crippen LogP contribution < -0.4 is 0 Å². The Bertz CT molecular complexity index is 168. The Morgan fingerprint density at radius 3 is 2.45 bits per heavy atom. The van der Waals surface area contributed by atoms with Crippen molar-refractivity contribution in [2.24, 2.45) is 11.8 Å². The maximum absolute atomic E-state index is 5.27. The van der Waals surface area contributed by atoms with Crippen LogP contribution in [0.3, 0.4) is 0 Å². The van der Waals surface area contributed by atoms with E-state index in [0.717, 1.165) is 18.4 Å². The third kappa shape index (κ3) is 1.28. The molecule has 1 heteroatoms. The van der Waals surface area contributed by atoms with E-state index in [4.69, 9.17) is 6.42 Å². The van der Waals surface area contributed by atoms with Crippen LogP contribution in [0, 0.1) is 24.2 Å². The minimum Gasteiger partial charge on any atom is -0.292 e. The van der Waals surface area contributed by atoms with Gasteiger partial charge in [0.05, 0.1) is 6.54 Å². The fourth-order valence-electron chi connectivity index (χ4n) is 2.59. The number of nitrogens with zero attached hydrogens (tertiary/aromatic N) is 1. The van der Waals surface area contributed by atoms with Gasteiger partial charge < -0.3 is 0 Å². The van der Waals surface area contributed by atoms with Crippen LogP contribution in [0.1, 0.15) is 19.3 Å². The minimum absolute atomic E-state index is 0.868. The molecule has 0 N–H and O–H groups in total. The van der Waals surface area contributed by atoms with Gasteiger partial charge in [-0.3, -0.25) is 4.90 Å². The molecule has 1 saturated heterocycles. The molecule has 0 radical (unpaired) electrons. The highest BCUT2D eigenvalue weighted by atomic mass is 15.1. The highest BCUT2D eigenvalue weighted by molar-refractivity contribution is 4.95. The molecule has 2 atom stereocenters. The van der Waals surface area contributed by atoms with Gasteiger partial charge in [-0.1, -0.05) is 12.3 Å². The molecule has 0 amide bonds. The molecule has 2 rings (SSSR count). The van der Waals surface area contributed by atoms with Crippen molar-refractivity contribution in [2.45, 2.75) is 19.3 Å². The molecular formula is C10H15N. The molecule has 0 aromatic rings. The summed E-state index contributed by atoms with van der Waals surface area (Å²) in [6, 6.07) is 0. The van der Waals surface area contributed by atoms with E-state index < -0.39 is 0 Å². The van der Waals surface area contributed by atoms with Crippen molar-refractivity contribution >= 4 is 0 Å². The highest BCUT2D eigenvalue weighted by Gasteiger charge is 2.35. The standard InChI is InChI=1S/C10H15N/c1-2-6-11-7-9-4-3-5-10(9)8-11/h1,9-10H,3-8H2. The topological polar surface area (TPSA) is 3.24 Å². The van der Waals surface area contributed by atoms with Crippen molar-refractivity contribution in [3.63, 3.8) is 0 Å². The minimum atomic E-state index is 0.868. The summed E-state index contributed by atoms with van der Waals surface area (Å²) < 4.78 is 0. The zero-order chi connectivity index (χ0) is 7.68. The quantitative estimate of drug-likeness (QED) is 0.509. The van der Waals surface area contributed by atoms with E-state index in [0.29, 0.717) is 0 Å². The molecule has 1 nitrogen and oxygen atoms in total. The Morgan fingerprint density at radius 2 is 1.91 bits per heavy atom. The second-order valence-electron chi connectivity index (χ2n) is 3.85. The zero-order valence-corrected chi connectivity index (χ0v) is 6.92. The lowest BCUT2D eigenvalue weighted by Gasteiger charge is -2.11. The Morgan fingerprint density at radius 1 is 1.27 bits per heavy atom. The number of hydrogen-bond acceptors (Lipinski definition) is 1. The molecule has 60 valence electrons. The van der Waals surface area contributed by atoms with Crippen molar-refractivity contribution in [2.75, 3.05) is 19.6 Å². The van der Waals surface area contributed by atoms with Gasteiger partial charge in [-0.25, -0.2) is 0 Å². The van der Waals surface area contributed by atoms with Crippen LogP contribution >= 0.6 is 0 Å². The van der Waals surface area contributed by atoms with Gasteiger partial charge in [0.15, 0.2) is 0 Å². The van der Waals surface area contributed by atoms with Crippen molar-refractivity contribution in [1.82, 2.24) is 4.90 Å². The van der Waals surface area contributed by atoms with Gasteiger partial charge in [0.2, 0.25) is 0 Å². The maximum Gasteiger partial charge on any atom is 0.0599 e. The molecule has 2 unspecified atom stereocenters. The zero-order valence-electron chi connectivity index (χ0n) is 6.92. The first-order valence-corrected chi connectivity index (χ1v) is 4.56. The molecule has 1 aliphatic heterocycles. The molecule has 11 heavy (non-hydrogen) atoms. The van der Waals surface area contributed by atoms with E-state index in [1.807, 2.05) is 0 Å². The van der Waals surface area contributed by atoms with Crippen LogP contribution in [-0.4, -0.2) is 24.5 Å². The van der Waals surface area contributed by atoms with Crippen LogP contribution in [0.25, 0.3) is 0 Å². The summed E-state index contributed by atoms with van der Waals surface area (Å²) in [5, 5.41) is 0. The summed E-state index contributed by atoms with van der Waals surface area (Å²) in [6.07, 6.45) is 9.62. The summed E-state index contributed by atoms with van der Waals surface area (Å²) in [4.78, 5) is 2.43. The van der Waals surface area contributed by atoms with Crippen LogP contribution in [0.4, 0.5) is 0 Å². The summed E-state index contributed by atoms with van der Waals surface area (Å²) in [5.74, 6) is 4.70. The van der Waals surface area contributed by atoms with E-state index in [-0.39, 0.29) is 0 Å². The maximum atomic E-state index is 5.27. The second-order valence-corrected chi connectivity index (χ2v) is 3.85. The summed E-state index contributed by atoms with van der Waals surface area (Å²) in [7, 11) is 0. The SMILES string of the molecule is C#CCN1CC2CCCC2C1. The number of likely N-dealkylation sites (tertiary alicyclic amines) is 1. The Hall–Kier alpha value is -0.480. The fourth-order valence-corrected chi connectivity index (χ4v) is 2.59. The van der Waals surface area contributed by atoms with E-state index >= 15 is 0 Å². The second kappa shape index (κ2) is 2.87. The van der Waals surface area contributed by atoms with Crippen molar-refractivity contribution in [3.8, 4) is 12.3 Å². The molecule has 1 heterocycles. The number of rotatable bonds is 1. The van der Waals surface area contributed by atoms with Crippen LogP contribution in [0.15, 0.2) is 0 Å². The third-order valence-electron chi connectivity index (χ3n) is 3.12. The number of hydrogen-bond donors (Lipinski definition) is 0. The van der Waals surface area contributed by atoms with Gasteiger partial charge >= 0.3 is 0 Å². The summed E-state index contributed by atoms with van der Waals surface area (Å²) in [5.41, 5.74) is 0. The number of terminal acetylenes is 1. The van der Waals surface area contributed by atoms with Crippen LogP contribution in [0.2, 0.25) is 0 Å². The first-order chi connectivity index (χ1) is 5.40. The lowest BCUT2D eigenvalue weighted by Crippen LogP contribution is -2.21. The van der Waals surface area contributed by atoms with E-state index in [9.17, 15) is 0 Å². The van der Waals surface area contributed by atoms with Gasteiger partial charge in [0.25, 0.3) is 0 Å². The third-order valence-corrected chi connectivity index (χ3v) is 3.12. The predicted molar refractivity (Wildman–Crippen MR) is 46.1 cm³/mol. The van der Waals surface area contributed by atoms with Crippen LogP contribution in [0.5, 0.6) is 0 Å².